The second-order valence-corrected chi connectivity index (χ2v) is 6.55. The van der Waals surface area contributed by atoms with Gasteiger partial charge in [0.1, 0.15) is 0 Å². The lowest BCUT2D eigenvalue weighted by atomic mass is 10.1. The smallest absolute Gasteiger partial charge is 0.0661 e. The van der Waals surface area contributed by atoms with Gasteiger partial charge in [0.15, 0.2) is 0 Å². The first-order valence-electron chi connectivity index (χ1n) is 8.33. The molecule has 0 atom stereocenters. The highest BCUT2D eigenvalue weighted by Crippen LogP contribution is 2.23. The van der Waals surface area contributed by atoms with E-state index in [4.69, 9.17) is 4.99 Å². The minimum atomic E-state index is 1.04. The molecule has 0 fully saturated rings. The average Bonchev–Trinajstić information content (AvgIpc) is 2.83. The van der Waals surface area contributed by atoms with Gasteiger partial charge in [-0.05, 0) is 70.0 Å². The van der Waals surface area contributed by atoms with Gasteiger partial charge in [0, 0.05) is 28.9 Å². The molecule has 0 aliphatic carbocycles. The predicted molar refractivity (Wildman–Crippen MR) is 103 cm³/mol. The Hall–Kier alpha value is -2.61. The first-order chi connectivity index (χ1) is 11.5. The van der Waals surface area contributed by atoms with Gasteiger partial charge >= 0.3 is 0 Å². The Labute approximate surface area is 144 Å². The molecule has 0 aliphatic rings. The van der Waals surface area contributed by atoms with Crippen molar-refractivity contribution in [2.45, 2.75) is 34.6 Å². The number of aromatic nitrogens is 1. The van der Waals surface area contributed by atoms with Crippen LogP contribution in [0.2, 0.25) is 0 Å². The highest BCUT2D eigenvalue weighted by molar-refractivity contribution is 5.84. The van der Waals surface area contributed by atoms with Gasteiger partial charge in [0.2, 0.25) is 0 Å². The Bertz CT molecular complexity index is 896. The summed E-state index contributed by atoms with van der Waals surface area (Å²) in [5.74, 6) is 0. The molecule has 3 rings (SSSR count). The Morgan fingerprint density at radius 3 is 2.17 bits per heavy atom. The number of aryl methyl sites for hydroxylation is 4. The Balaban J connectivity index is 1.98. The van der Waals surface area contributed by atoms with Crippen LogP contribution < -0.4 is 0 Å². The molecule has 2 aromatic carbocycles. The summed E-state index contributed by atoms with van der Waals surface area (Å²) in [6, 6.07) is 17.2. The summed E-state index contributed by atoms with van der Waals surface area (Å²) in [5, 5.41) is 0. The van der Waals surface area contributed by atoms with Crippen molar-refractivity contribution in [3.05, 3.63) is 82.2 Å². The minimum absolute atomic E-state index is 1.04. The van der Waals surface area contributed by atoms with Crippen LogP contribution in [0.4, 0.5) is 5.69 Å². The molecule has 1 aromatic heterocycles. The van der Waals surface area contributed by atoms with Gasteiger partial charge in [0.25, 0.3) is 0 Å². The van der Waals surface area contributed by atoms with Crippen molar-refractivity contribution in [2.24, 2.45) is 4.99 Å². The first kappa shape index (κ1) is 16.3. The quantitative estimate of drug-likeness (QED) is 0.546. The molecule has 0 radical (unpaired) electrons. The van der Waals surface area contributed by atoms with E-state index in [1.807, 2.05) is 6.21 Å². The molecule has 0 saturated carbocycles. The van der Waals surface area contributed by atoms with Crippen LogP contribution in [-0.4, -0.2) is 10.8 Å². The fraction of sp³-hybridized carbons (Fsp3) is 0.227. The lowest BCUT2D eigenvalue weighted by molar-refractivity contribution is 0.964. The second kappa shape index (κ2) is 6.48. The third kappa shape index (κ3) is 3.18. The molecule has 0 unspecified atom stereocenters. The van der Waals surface area contributed by atoms with Crippen LogP contribution in [0.3, 0.4) is 0 Å². The zero-order valence-electron chi connectivity index (χ0n) is 15.1. The Kier molecular flexibility index (Phi) is 4.39. The van der Waals surface area contributed by atoms with E-state index in [0.29, 0.717) is 0 Å². The molecule has 0 spiro atoms. The van der Waals surface area contributed by atoms with E-state index >= 15 is 0 Å². The average molecular weight is 316 g/mol. The second-order valence-electron chi connectivity index (χ2n) is 6.55. The molecule has 122 valence electrons. The van der Waals surface area contributed by atoms with E-state index in [0.717, 1.165) is 11.3 Å². The summed E-state index contributed by atoms with van der Waals surface area (Å²) in [7, 11) is 0. The zero-order chi connectivity index (χ0) is 17.3. The summed E-state index contributed by atoms with van der Waals surface area (Å²) in [6.45, 7) is 10.6. The van der Waals surface area contributed by atoms with Gasteiger partial charge in [-0.15, -0.1) is 0 Å². The zero-order valence-corrected chi connectivity index (χ0v) is 15.1. The van der Waals surface area contributed by atoms with Crippen LogP contribution in [-0.2, 0) is 0 Å². The number of hydrogen-bond acceptors (Lipinski definition) is 1. The number of hydrogen-bond donors (Lipinski definition) is 0. The van der Waals surface area contributed by atoms with Gasteiger partial charge in [-0.1, -0.05) is 29.8 Å². The van der Waals surface area contributed by atoms with Crippen molar-refractivity contribution < 1.29 is 0 Å². The SMILES string of the molecule is Cc1ccc(-n2c(C)cc(C=Nc3cc(C)ccc3C)c2C)cc1. The van der Waals surface area contributed by atoms with E-state index in [1.165, 1.54) is 33.8 Å². The normalized spacial score (nSPS) is 11.4. The number of nitrogens with zero attached hydrogens (tertiary/aromatic N) is 2. The monoisotopic (exact) mass is 316 g/mol. The Morgan fingerprint density at radius 1 is 0.792 bits per heavy atom. The van der Waals surface area contributed by atoms with Gasteiger partial charge < -0.3 is 4.57 Å². The van der Waals surface area contributed by atoms with Crippen molar-refractivity contribution in [1.29, 1.82) is 0 Å². The number of rotatable bonds is 3. The predicted octanol–water partition coefficient (Wildman–Crippen LogP) is 5.77. The third-order valence-electron chi connectivity index (χ3n) is 4.47. The van der Waals surface area contributed by atoms with E-state index in [1.54, 1.807) is 0 Å². The summed E-state index contributed by atoms with van der Waals surface area (Å²) >= 11 is 0. The van der Waals surface area contributed by atoms with Crippen LogP contribution in [0.1, 0.15) is 33.6 Å². The molecule has 0 amide bonds. The van der Waals surface area contributed by atoms with Gasteiger partial charge in [-0.3, -0.25) is 4.99 Å². The van der Waals surface area contributed by atoms with E-state index in [2.05, 4.69) is 87.7 Å². The highest BCUT2D eigenvalue weighted by atomic mass is 15.0. The molecule has 0 aliphatic heterocycles. The molecule has 3 aromatic rings. The molecule has 0 saturated heterocycles. The lowest BCUT2D eigenvalue weighted by Gasteiger charge is -2.09. The highest BCUT2D eigenvalue weighted by Gasteiger charge is 2.09. The fourth-order valence-corrected chi connectivity index (χ4v) is 3.01. The van der Waals surface area contributed by atoms with Gasteiger partial charge in [-0.2, -0.15) is 0 Å². The standard InChI is InChI=1S/C22H24N2/c1-15-7-10-21(11-8-15)24-18(4)13-20(19(24)5)14-23-22-12-16(2)6-9-17(22)3/h6-14H,1-5H3. The van der Waals surface area contributed by atoms with Crippen LogP contribution in [0, 0.1) is 34.6 Å². The van der Waals surface area contributed by atoms with Crippen LogP contribution in [0.15, 0.2) is 53.5 Å². The van der Waals surface area contributed by atoms with Crippen molar-refractivity contribution in [3.63, 3.8) is 0 Å². The summed E-state index contributed by atoms with van der Waals surface area (Å²) in [5.41, 5.74) is 9.54. The van der Waals surface area contributed by atoms with Crippen molar-refractivity contribution in [1.82, 2.24) is 4.57 Å². The molecule has 24 heavy (non-hydrogen) atoms. The van der Waals surface area contributed by atoms with Crippen molar-refractivity contribution in [2.75, 3.05) is 0 Å². The van der Waals surface area contributed by atoms with E-state index in [-0.39, 0.29) is 0 Å². The van der Waals surface area contributed by atoms with Gasteiger partial charge in [-0.25, -0.2) is 0 Å². The molecule has 0 bridgehead atoms. The largest absolute Gasteiger partial charge is 0.318 e. The summed E-state index contributed by atoms with van der Waals surface area (Å²) < 4.78 is 2.28. The lowest BCUT2D eigenvalue weighted by Crippen LogP contribution is -1.99. The van der Waals surface area contributed by atoms with Crippen molar-refractivity contribution >= 4 is 11.9 Å². The molecular weight excluding hydrogens is 292 g/mol. The molecule has 2 nitrogen and oxygen atoms in total. The molecule has 1 heterocycles. The third-order valence-corrected chi connectivity index (χ3v) is 4.47. The first-order valence-corrected chi connectivity index (χ1v) is 8.33. The summed E-state index contributed by atoms with van der Waals surface area (Å²) in [6.07, 6.45) is 1.98. The Morgan fingerprint density at radius 2 is 1.46 bits per heavy atom. The maximum absolute atomic E-state index is 4.72. The maximum Gasteiger partial charge on any atom is 0.0661 e. The van der Waals surface area contributed by atoms with E-state index < -0.39 is 0 Å². The maximum atomic E-state index is 4.72. The fourth-order valence-electron chi connectivity index (χ4n) is 3.01. The number of aliphatic imine (C=N–C) groups is 1. The van der Waals surface area contributed by atoms with E-state index in [9.17, 15) is 0 Å². The molecule has 0 N–H and O–H groups in total. The van der Waals surface area contributed by atoms with Crippen LogP contribution in [0.25, 0.3) is 5.69 Å². The van der Waals surface area contributed by atoms with Crippen LogP contribution >= 0.6 is 0 Å². The molecular formula is C22H24N2. The number of benzene rings is 2. The topological polar surface area (TPSA) is 17.3 Å². The van der Waals surface area contributed by atoms with Gasteiger partial charge in [0.05, 0.1) is 5.69 Å². The summed E-state index contributed by atoms with van der Waals surface area (Å²) in [4.78, 5) is 4.72. The molecule has 2 heteroatoms. The minimum Gasteiger partial charge on any atom is -0.318 e. The van der Waals surface area contributed by atoms with Crippen LogP contribution in [0.5, 0.6) is 0 Å². The van der Waals surface area contributed by atoms with Crippen molar-refractivity contribution in [3.8, 4) is 5.69 Å².